The van der Waals surface area contributed by atoms with E-state index in [1.54, 1.807) is 36.7 Å². The lowest BCUT2D eigenvalue weighted by atomic mass is 10.1. The fraction of sp³-hybridized carbons (Fsp3) is 0.143. The summed E-state index contributed by atoms with van der Waals surface area (Å²) >= 11 is 0. The first-order valence-electron chi connectivity index (χ1n) is 9.01. The zero-order valence-corrected chi connectivity index (χ0v) is 16.2. The summed E-state index contributed by atoms with van der Waals surface area (Å²) in [6.45, 7) is 1.85. The average molecular weight is 392 g/mol. The first-order chi connectivity index (χ1) is 13.5. The highest BCUT2D eigenvalue weighted by atomic mass is 32.2. The van der Waals surface area contributed by atoms with Gasteiger partial charge < -0.3 is 10.7 Å². The van der Waals surface area contributed by atoms with E-state index in [4.69, 9.17) is 5.73 Å². The molecule has 28 heavy (non-hydrogen) atoms. The van der Waals surface area contributed by atoms with E-state index in [-0.39, 0.29) is 5.75 Å². The third kappa shape index (κ3) is 3.25. The molecule has 0 aliphatic rings. The van der Waals surface area contributed by atoms with Crippen LogP contribution in [-0.2, 0) is 9.84 Å². The predicted octanol–water partition coefficient (Wildman–Crippen LogP) is 4.23. The fourth-order valence-corrected chi connectivity index (χ4v) is 4.62. The number of fused-ring (bicyclic) bond motifs is 3. The summed E-state index contributed by atoms with van der Waals surface area (Å²) < 4.78 is 24.3. The minimum atomic E-state index is -3.23. The lowest BCUT2D eigenvalue weighted by Crippen LogP contribution is -2.05. The van der Waals surface area contributed by atoms with Crippen LogP contribution in [0.4, 0.5) is 11.5 Å². The number of sulfone groups is 1. The topological polar surface area (TPSA) is 101 Å². The van der Waals surface area contributed by atoms with E-state index in [0.717, 1.165) is 27.4 Å². The van der Waals surface area contributed by atoms with Crippen molar-refractivity contribution >= 4 is 49.4 Å². The molecule has 2 heterocycles. The summed E-state index contributed by atoms with van der Waals surface area (Å²) in [6, 6.07) is 14.4. The van der Waals surface area contributed by atoms with Gasteiger partial charge in [-0.3, -0.25) is 9.98 Å². The molecule has 0 spiro atoms. The van der Waals surface area contributed by atoms with Gasteiger partial charge in [-0.25, -0.2) is 8.42 Å². The van der Waals surface area contributed by atoms with Gasteiger partial charge in [-0.05, 0) is 48.9 Å². The monoisotopic (exact) mass is 392 g/mol. The Morgan fingerprint density at radius 1 is 1.14 bits per heavy atom. The predicted molar refractivity (Wildman–Crippen MR) is 114 cm³/mol. The van der Waals surface area contributed by atoms with Crippen LogP contribution in [0.5, 0.6) is 0 Å². The van der Waals surface area contributed by atoms with Crippen LogP contribution in [0.1, 0.15) is 18.9 Å². The number of aromatic amines is 1. The van der Waals surface area contributed by atoms with Gasteiger partial charge in [0.2, 0.25) is 0 Å². The SMILES string of the molecule is CCCS(=O)(=O)c1ccc(N=Cc2c(N)[nH]c3ccc4ncccc4c23)cc1. The molecule has 0 aliphatic heterocycles. The van der Waals surface area contributed by atoms with Crippen LogP contribution in [0.2, 0.25) is 0 Å². The second-order valence-electron chi connectivity index (χ2n) is 6.58. The van der Waals surface area contributed by atoms with Crippen molar-refractivity contribution in [3.63, 3.8) is 0 Å². The number of pyridine rings is 1. The molecule has 6 nitrogen and oxygen atoms in total. The third-order valence-corrected chi connectivity index (χ3v) is 6.56. The molecule has 4 aromatic rings. The van der Waals surface area contributed by atoms with Crippen molar-refractivity contribution in [3.05, 3.63) is 60.3 Å². The summed E-state index contributed by atoms with van der Waals surface area (Å²) in [5.74, 6) is 0.667. The molecule has 0 saturated carbocycles. The molecule has 4 rings (SSSR count). The number of anilines is 1. The van der Waals surface area contributed by atoms with Gasteiger partial charge in [0, 0.05) is 34.3 Å². The number of nitrogen functional groups attached to an aromatic ring is 1. The van der Waals surface area contributed by atoms with Gasteiger partial charge in [-0.2, -0.15) is 0 Å². The summed E-state index contributed by atoms with van der Waals surface area (Å²) in [4.78, 5) is 12.4. The highest BCUT2D eigenvalue weighted by molar-refractivity contribution is 7.91. The number of nitrogens with one attached hydrogen (secondary N) is 1. The van der Waals surface area contributed by atoms with Gasteiger partial charge in [0.25, 0.3) is 0 Å². The average Bonchev–Trinajstić information content (AvgIpc) is 3.02. The number of H-pyrrole nitrogens is 1. The van der Waals surface area contributed by atoms with E-state index in [2.05, 4.69) is 15.0 Å². The Kier molecular flexibility index (Phi) is 4.60. The van der Waals surface area contributed by atoms with Crippen LogP contribution >= 0.6 is 0 Å². The van der Waals surface area contributed by atoms with Crippen molar-refractivity contribution in [2.24, 2.45) is 4.99 Å². The van der Waals surface area contributed by atoms with Crippen LogP contribution in [0.15, 0.2) is 64.6 Å². The van der Waals surface area contributed by atoms with Gasteiger partial charge in [0.1, 0.15) is 5.82 Å². The molecular formula is C21H20N4O2S. The van der Waals surface area contributed by atoms with Crippen LogP contribution in [0.25, 0.3) is 21.8 Å². The number of aromatic nitrogens is 2. The fourth-order valence-electron chi connectivity index (χ4n) is 3.29. The molecule has 2 aromatic carbocycles. The molecule has 0 fully saturated rings. The standard InChI is InChI=1S/C21H20N4O2S/c1-2-12-28(26,27)15-7-5-14(6-8-15)24-13-17-20-16-4-3-11-23-18(16)9-10-19(20)25-21(17)22/h3-11,13,25H,2,12,22H2,1H3. The van der Waals surface area contributed by atoms with E-state index in [9.17, 15) is 8.42 Å². The van der Waals surface area contributed by atoms with Crippen molar-refractivity contribution in [2.45, 2.75) is 18.2 Å². The van der Waals surface area contributed by atoms with Gasteiger partial charge in [-0.15, -0.1) is 0 Å². The molecule has 142 valence electrons. The number of nitrogens with zero attached hydrogens (tertiary/aromatic N) is 2. The Labute approximate surface area is 163 Å². The van der Waals surface area contributed by atoms with E-state index < -0.39 is 9.84 Å². The van der Waals surface area contributed by atoms with Gasteiger partial charge in [-0.1, -0.05) is 13.0 Å². The lowest BCUT2D eigenvalue weighted by molar-refractivity contribution is 0.595. The Hall–Kier alpha value is -3.19. The molecule has 2 aromatic heterocycles. The van der Waals surface area contributed by atoms with Crippen molar-refractivity contribution in [1.82, 2.24) is 9.97 Å². The quantitative estimate of drug-likeness (QED) is 0.496. The lowest BCUT2D eigenvalue weighted by Gasteiger charge is -2.03. The number of rotatable bonds is 5. The Bertz CT molecular complexity index is 1290. The van der Waals surface area contributed by atoms with Crippen molar-refractivity contribution < 1.29 is 8.42 Å². The maximum absolute atomic E-state index is 12.1. The Balaban J connectivity index is 1.73. The zero-order chi connectivity index (χ0) is 19.7. The van der Waals surface area contributed by atoms with Crippen LogP contribution in [0.3, 0.4) is 0 Å². The van der Waals surface area contributed by atoms with E-state index in [0.29, 0.717) is 22.8 Å². The first-order valence-corrected chi connectivity index (χ1v) is 10.7. The molecule has 0 bridgehead atoms. The molecule has 0 aliphatic carbocycles. The number of hydrogen-bond donors (Lipinski definition) is 2. The number of hydrogen-bond acceptors (Lipinski definition) is 5. The molecule has 7 heteroatoms. The molecule has 0 unspecified atom stereocenters. The second-order valence-corrected chi connectivity index (χ2v) is 8.69. The molecule has 0 radical (unpaired) electrons. The summed E-state index contributed by atoms with van der Waals surface area (Å²) in [6.07, 6.45) is 4.05. The normalized spacial score (nSPS) is 12.3. The summed E-state index contributed by atoms with van der Waals surface area (Å²) in [5, 5.41) is 1.96. The molecule has 0 atom stereocenters. The maximum Gasteiger partial charge on any atom is 0.178 e. The van der Waals surface area contributed by atoms with Crippen LogP contribution < -0.4 is 5.73 Å². The van der Waals surface area contributed by atoms with Crippen LogP contribution in [-0.4, -0.2) is 30.4 Å². The van der Waals surface area contributed by atoms with E-state index in [1.807, 2.05) is 31.2 Å². The molecule has 0 saturated heterocycles. The Morgan fingerprint density at radius 2 is 1.93 bits per heavy atom. The highest BCUT2D eigenvalue weighted by Crippen LogP contribution is 2.30. The molecule has 3 N–H and O–H groups in total. The maximum atomic E-state index is 12.1. The number of benzene rings is 2. The number of aliphatic imine (C=N–C) groups is 1. The van der Waals surface area contributed by atoms with Gasteiger partial charge in [0.05, 0.1) is 21.9 Å². The molecular weight excluding hydrogens is 372 g/mol. The highest BCUT2D eigenvalue weighted by Gasteiger charge is 2.13. The molecule has 0 amide bonds. The first kappa shape index (κ1) is 18.2. The Morgan fingerprint density at radius 3 is 2.68 bits per heavy atom. The largest absolute Gasteiger partial charge is 0.385 e. The summed E-state index contributed by atoms with van der Waals surface area (Å²) in [5.41, 5.74) is 9.42. The number of nitrogens with two attached hydrogens (primary N) is 1. The minimum Gasteiger partial charge on any atom is -0.385 e. The van der Waals surface area contributed by atoms with Crippen molar-refractivity contribution in [3.8, 4) is 0 Å². The van der Waals surface area contributed by atoms with Crippen LogP contribution in [0, 0.1) is 0 Å². The third-order valence-electron chi connectivity index (χ3n) is 4.63. The van der Waals surface area contributed by atoms with Gasteiger partial charge >= 0.3 is 0 Å². The smallest absolute Gasteiger partial charge is 0.178 e. The van der Waals surface area contributed by atoms with Crippen molar-refractivity contribution in [1.29, 1.82) is 0 Å². The zero-order valence-electron chi connectivity index (χ0n) is 15.4. The summed E-state index contributed by atoms with van der Waals surface area (Å²) in [7, 11) is -3.23. The van der Waals surface area contributed by atoms with Gasteiger partial charge in [0.15, 0.2) is 9.84 Å². The van der Waals surface area contributed by atoms with Crippen molar-refractivity contribution in [2.75, 3.05) is 11.5 Å². The second kappa shape index (κ2) is 7.09. The van der Waals surface area contributed by atoms with E-state index in [1.165, 1.54) is 0 Å². The minimum absolute atomic E-state index is 0.141. The van der Waals surface area contributed by atoms with E-state index >= 15 is 0 Å².